The number of nitrogens with one attached hydrogen (secondary N) is 3. The molecule has 0 radical (unpaired) electrons. The van der Waals surface area contributed by atoms with Crippen molar-refractivity contribution >= 4 is 28.1 Å². The fourth-order valence-corrected chi connectivity index (χ4v) is 2.76. The van der Waals surface area contributed by atoms with E-state index in [0.717, 1.165) is 39.4 Å². The summed E-state index contributed by atoms with van der Waals surface area (Å²) in [4.78, 5) is 12.0. The topological polar surface area (TPSA) is 65.6 Å². The lowest BCUT2D eigenvalue weighted by molar-refractivity contribution is 1.17. The van der Waals surface area contributed by atoms with Crippen LogP contribution in [-0.4, -0.2) is 22.0 Å². The van der Waals surface area contributed by atoms with Crippen molar-refractivity contribution in [2.24, 2.45) is 0 Å². The summed E-state index contributed by atoms with van der Waals surface area (Å²) in [5.74, 6) is 0.763. The Morgan fingerprint density at radius 2 is 1.79 bits per heavy atom. The molecule has 0 aliphatic carbocycles. The average molecular weight is 315 g/mol. The number of H-pyrrole nitrogens is 1. The van der Waals surface area contributed by atoms with E-state index in [2.05, 4.69) is 37.7 Å². The number of rotatable bonds is 4. The quantitative estimate of drug-likeness (QED) is 0.522. The summed E-state index contributed by atoms with van der Waals surface area (Å²) in [7, 11) is 1.90. The predicted octanol–water partition coefficient (Wildman–Crippen LogP) is 4.41. The monoisotopic (exact) mass is 315 g/mol. The van der Waals surface area contributed by atoms with Gasteiger partial charge in [0.15, 0.2) is 0 Å². The van der Waals surface area contributed by atoms with E-state index >= 15 is 0 Å². The molecule has 5 nitrogen and oxygen atoms in total. The molecule has 5 heteroatoms. The van der Waals surface area contributed by atoms with Gasteiger partial charge in [-0.05, 0) is 24.3 Å². The molecule has 4 aromatic rings. The molecule has 0 saturated heterocycles. The van der Waals surface area contributed by atoms with E-state index in [-0.39, 0.29) is 0 Å². The van der Waals surface area contributed by atoms with Crippen LogP contribution in [0.15, 0.2) is 67.1 Å². The van der Waals surface area contributed by atoms with Crippen molar-refractivity contribution in [1.82, 2.24) is 15.0 Å². The molecule has 0 aliphatic rings. The highest BCUT2D eigenvalue weighted by Crippen LogP contribution is 2.28. The Kier molecular flexibility index (Phi) is 3.59. The van der Waals surface area contributed by atoms with E-state index in [0.29, 0.717) is 0 Å². The molecule has 0 spiro atoms. The Morgan fingerprint density at radius 3 is 2.71 bits per heavy atom. The lowest BCUT2D eigenvalue weighted by Gasteiger charge is -2.08. The zero-order valence-electron chi connectivity index (χ0n) is 13.2. The summed E-state index contributed by atoms with van der Waals surface area (Å²) < 4.78 is 0. The Labute approximate surface area is 139 Å². The number of aromatic amines is 1. The van der Waals surface area contributed by atoms with Gasteiger partial charge in [-0.1, -0.05) is 24.3 Å². The first kappa shape index (κ1) is 14.3. The molecular weight excluding hydrogens is 298 g/mol. The molecule has 0 aliphatic heterocycles. The molecule has 0 unspecified atom stereocenters. The molecular formula is C19H17N5. The molecule has 118 valence electrons. The van der Waals surface area contributed by atoms with Crippen LogP contribution in [0.25, 0.3) is 22.2 Å². The minimum absolute atomic E-state index is 0.763. The van der Waals surface area contributed by atoms with Crippen molar-refractivity contribution in [3.8, 4) is 11.3 Å². The molecule has 0 fully saturated rings. The van der Waals surface area contributed by atoms with Gasteiger partial charge in [0.05, 0.1) is 5.69 Å². The van der Waals surface area contributed by atoms with Crippen molar-refractivity contribution in [3.05, 3.63) is 67.1 Å². The largest absolute Gasteiger partial charge is 0.388 e. The van der Waals surface area contributed by atoms with E-state index < -0.39 is 0 Å². The molecule has 2 aromatic heterocycles. The van der Waals surface area contributed by atoms with E-state index in [1.807, 2.05) is 55.7 Å². The maximum absolute atomic E-state index is 4.42. The fraction of sp³-hybridized carbons (Fsp3) is 0.0526. The number of fused-ring (bicyclic) bond motifs is 1. The van der Waals surface area contributed by atoms with Crippen LogP contribution in [0.1, 0.15) is 0 Å². The van der Waals surface area contributed by atoms with Gasteiger partial charge in [0.1, 0.15) is 12.1 Å². The highest BCUT2D eigenvalue weighted by atomic mass is 15.0. The van der Waals surface area contributed by atoms with Crippen molar-refractivity contribution in [3.63, 3.8) is 0 Å². The zero-order chi connectivity index (χ0) is 16.4. The minimum atomic E-state index is 0.763. The third-order valence-electron chi connectivity index (χ3n) is 3.96. The van der Waals surface area contributed by atoms with E-state index in [1.54, 1.807) is 6.33 Å². The first-order chi connectivity index (χ1) is 11.8. The van der Waals surface area contributed by atoms with Crippen LogP contribution in [0.3, 0.4) is 0 Å². The summed E-state index contributed by atoms with van der Waals surface area (Å²) in [6, 6.07) is 18.2. The molecule has 4 rings (SSSR count). The van der Waals surface area contributed by atoms with Crippen LogP contribution in [0.2, 0.25) is 0 Å². The van der Waals surface area contributed by atoms with Gasteiger partial charge >= 0.3 is 0 Å². The van der Waals surface area contributed by atoms with Crippen molar-refractivity contribution in [1.29, 1.82) is 0 Å². The highest BCUT2D eigenvalue weighted by Gasteiger charge is 2.08. The van der Waals surface area contributed by atoms with Gasteiger partial charge in [0.2, 0.25) is 0 Å². The highest BCUT2D eigenvalue weighted by molar-refractivity contribution is 5.94. The third-order valence-corrected chi connectivity index (χ3v) is 3.96. The van der Waals surface area contributed by atoms with Gasteiger partial charge in [0.25, 0.3) is 0 Å². The SMILES string of the molecule is CNc1cccc(Nc2cc(-c3c[nH]c4ccccc34)ncn2)c1. The summed E-state index contributed by atoms with van der Waals surface area (Å²) in [6.45, 7) is 0. The number of para-hydroxylation sites is 1. The second kappa shape index (κ2) is 6.04. The van der Waals surface area contributed by atoms with Crippen LogP contribution in [0.4, 0.5) is 17.2 Å². The maximum Gasteiger partial charge on any atom is 0.134 e. The normalized spacial score (nSPS) is 10.7. The fourth-order valence-electron chi connectivity index (χ4n) is 2.76. The Morgan fingerprint density at radius 1 is 0.917 bits per heavy atom. The van der Waals surface area contributed by atoms with Crippen LogP contribution in [0.5, 0.6) is 0 Å². The molecule has 0 saturated carbocycles. The molecule has 24 heavy (non-hydrogen) atoms. The van der Waals surface area contributed by atoms with Gasteiger partial charge in [-0.3, -0.25) is 0 Å². The van der Waals surface area contributed by atoms with Crippen molar-refractivity contribution < 1.29 is 0 Å². The number of hydrogen-bond donors (Lipinski definition) is 3. The van der Waals surface area contributed by atoms with Crippen molar-refractivity contribution in [2.75, 3.05) is 17.7 Å². The molecule has 2 aromatic carbocycles. The van der Waals surface area contributed by atoms with Gasteiger partial charge < -0.3 is 15.6 Å². The predicted molar refractivity (Wildman–Crippen MR) is 98.6 cm³/mol. The molecule has 0 bridgehead atoms. The number of hydrogen-bond acceptors (Lipinski definition) is 4. The minimum Gasteiger partial charge on any atom is -0.388 e. The van der Waals surface area contributed by atoms with Crippen molar-refractivity contribution in [2.45, 2.75) is 0 Å². The summed E-state index contributed by atoms with van der Waals surface area (Å²) in [5, 5.41) is 7.61. The second-order valence-electron chi connectivity index (χ2n) is 5.49. The molecule has 0 amide bonds. The standard InChI is InChI=1S/C19H17N5/c1-20-13-5-4-6-14(9-13)24-19-10-18(22-12-23-19)16-11-21-17-8-3-2-7-15(16)17/h2-12,20-21H,1H3,(H,22,23,24). The van der Waals surface area contributed by atoms with Gasteiger partial charge in [0, 0.05) is 47.2 Å². The first-order valence-corrected chi connectivity index (χ1v) is 7.77. The Hall–Kier alpha value is -3.34. The van der Waals surface area contributed by atoms with Gasteiger partial charge in [-0.2, -0.15) is 0 Å². The smallest absolute Gasteiger partial charge is 0.134 e. The number of aromatic nitrogens is 3. The van der Waals surface area contributed by atoms with Crippen LogP contribution in [-0.2, 0) is 0 Å². The number of anilines is 3. The van der Waals surface area contributed by atoms with Crippen LogP contribution >= 0.6 is 0 Å². The maximum atomic E-state index is 4.42. The average Bonchev–Trinajstić information content (AvgIpc) is 3.06. The summed E-state index contributed by atoms with van der Waals surface area (Å²) in [6.07, 6.45) is 3.57. The van der Waals surface area contributed by atoms with Gasteiger partial charge in [-0.15, -0.1) is 0 Å². The van der Waals surface area contributed by atoms with E-state index in [9.17, 15) is 0 Å². The van der Waals surface area contributed by atoms with E-state index in [1.165, 1.54) is 0 Å². The lowest BCUT2D eigenvalue weighted by atomic mass is 10.1. The third kappa shape index (κ3) is 2.67. The first-order valence-electron chi connectivity index (χ1n) is 7.77. The molecule has 0 atom stereocenters. The number of benzene rings is 2. The van der Waals surface area contributed by atoms with Crippen LogP contribution < -0.4 is 10.6 Å². The summed E-state index contributed by atoms with van der Waals surface area (Å²) >= 11 is 0. The molecule has 2 heterocycles. The number of nitrogens with zero attached hydrogens (tertiary/aromatic N) is 2. The second-order valence-corrected chi connectivity index (χ2v) is 5.49. The Balaban J connectivity index is 1.68. The summed E-state index contributed by atoms with van der Waals surface area (Å²) in [5.41, 5.74) is 5.08. The van der Waals surface area contributed by atoms with Crippen LogP contribution in [0, 0.1) is 0 Å². The van der Waals surface area contributed by atoms with Gasteiger partial charge in [-0.25, -0.2) is 9.97 Å². The zero-order valence-corrected chi connectivity index (χ0v) is 13.2. The van der Waals surface area contributed by atoms with E-state index in [4.69, 9.17) is 0 Å². The lowest BCUT2D eigenvalue weighted by Crippen LogP contribution is -1.96. The molecule has 3 N–H and O–H groups in total. The Bertz CT molecular complexity index is 990.